The molecular weight excluding hydrogens is 192 g/mol. The molecule has 2 saturated heterocycles. The van der Waals surface area contributed by atoms with E-state index in [0.29, 0.717) is 19.1 Å². The number of nitrogens with zero attached hydrogens (tertiary/aromatic N) is 2. The second kappa shape index (κ2) is 6.08. The van der Waals surface area contributed by atoms with Crippen LogP contribution in [0.15, 0.2) is 0 Å². The highest BCUT2D eigenvalue weighted by Crippen LogP contribution is 2.16. The maximum Gasteiger partial charge on any atom is 0.228 e. The normalized spacial score (nSPS) is 22.7. The summed E-state index contributed by atoms with van der Waals surface area (Å²) in [5, 5.41) is 0. The van der Waals surface area contributed by atoms with Crippen molar-refractivity contribution in [3.63, 3.8) is 0 Å². The first kappa shape index (κ1) is 12.5. The van der Waals surface area contributed by atoms with Gasteiger partial charge in [-0.2, -0.15) is 0 Å². The quantitative estimate of drug-likeness (QED) is 0.635. The smallest absolute Gasteiger partial charge is 0.228 e. The molecule has 0 N–H and O–H groups in total. The highest BCUT2D eigenvalue weighted by molar-refractivity contribution is 5.80. The molecule has 2 heterocycles. The molecule has 88 valence electrons. The molecule has 0 aromatic carbocycles. The maximum atomic E-state index is 11.8. The fourth-order valence-corrected chi connectivity index (χ4v) is 1.90. The molecule has 4 heteroatoms. The third-order valence-electron chi connectivity index (χ3n) is 2.74. The van der Waals surface area contributed by atoms with Crippen molar-refractivity contribution in [2.24, 2.45) is 5.92 Å². The van der Waals surface area contributed by atoms with Crippen LogP contribution in [0.5, 0.6) is 0 Å². The Bertz CT molecular complexity index is 197. The number of hydrogen-bond donors (Lipinski definition) is 0. The summed E-state index contributed by atoms with van der Waals surface area (Å²) >= 11 is 0. The standard InChI is InChI=1S/C9H16N2O2.C2H6/c1-10-6-8(7-10)9(12)11-2-4-13-5-3-11;1-2/h8H,2-7H2,1H3;1-2H3. The average molecular weight is 214 g/mol. The van der Waals surface area contributed by atoms with Crippen molar-refractivity contribution < 1.29 is 9.53 Å². The number of rotatable bonds is 1. The summed E-state index contributed by atoms with van der Waals surface area (Å²) in [7, 11) is 2.04. The summed E-state index contributed by atoms with van der Waals surface area (Å²) in [5.74, 6) is 0.574. The van der Waals surface area contributed by atoms with Gasteiger partial charge >= 0.3 is 0 Å². The Morgan fingerprint density at radius 3 is 2.20 bits per heavy atom. The first-order valence-corrected chi connectivity index (χ1v) is 5.82. The number of carbonyl (C=O) groups excluding carboxylic acids is 1. The third-order valence-corrected chi connectivity index (χ3v) is 2.74. The zero-order valence-corrected chi connectivity index (χ0v) is 10.0. The lowest BCUT2D eigenvalue weighted by Gasteiger charge is -2.39. The second-order valence-electron chi connectivity index (χ2n) is 3.86. The molecule has 0 spiro atoms. The van der Waals surface area contributed by atoms with Gasteiger partial charge in [0.05, 0.1) is 19.1 Å². The van der Waals surface area contributed by atoms with Gasteiger partial charge in [-0.15, -0.1) is 0 Å². The van der Waals surface area contributed by atoms with Gasteiger partial charge in [-0.05, 0) is 7.05 Å². The number of ether oxygens (including phenoxy) is 1. The molecule has 1 amide bonds. The zero-order valence-electron chi connectivity index (χ0n) is 10.0. The molecule has 4 nitrogen and oxygen atoms in total. The second-order valence-corrected chi connectivity index (χ2v) is 3.86. The minimum Gasteiger partial charge on any atom is -0.378 e. The highest BCUT2D eigenvalue weighted by Gasteiger charge is 2.33. The molecule has 0 unspecified atom stereocenters. The molecule has 15 heavy (non-hydrogen) atoms. The van der Waals surface area contributed by atoms with E-state index in [1.165, 1.54) is 0 Å². The Kier molecular flexibility index (Phi) is 5.05. The predicted molar refractivity (Wildman–Crippen MR) is 59.7 cm³/mol. The Hall–Kier alpha value is -0.610. The Balaban J connectivity index is 0.000000531. The van der Waals surface area contributed by atoms with Gasteiger partial charge in [0, 0.05) is 26.2 Å². The Morgan fingerprint density at radius 1 is 1.20 bits per heavy atom. The van der Waals surface area contributed by atoms with Crippen LogP contribution in [0.25, 0.3) is 0 Å². The fourth-order valence-electron chi connectivity index (χ4n) is 1.90. The largest absolute Gasteiger partial charge is 0.378 e. The topological polar surface area (TPSA) is 32.8 Å². The van der Waals surface area contributed by atoms with Crippen LogP contribution in [0.2, 0.25) is 0 Å². The van der Waals surface area contributed by atoms with Crippen molar-refractivity contribution in [1.82, 2.24) is 9.80 Å². The van der Waals surface area contributed by atoms with E-state index >= 15 is 0 Å². The molecular formula is C11H22N2O2. The van der Waals surface area contributed by atoms with Gasteiger partial charge in [-0.1, -0.05) is 13.8 Å². The molecule has 2 rings (SSSR count). The summed E-state index contributed by atoms with van der Waals surface area (Å²) in [5.41, 5.74) is 0. The van der Waals surface area contributed by atoms with Gasteiger partial charge < -0.3 is 14.5 Å². The monoisotopic (exact) mass is 214 g/mol. The maximum absolute atomic E-state index is 11.8. The average Bonchev–Trinajstić information content (AvgIpc) is 2.28. The van der Waals surface area contributed by atoms with Crippen LogP contribution in [-0.4, -0.2) is 62.1 Å². The van der Waals surface area contributed by atoms with Crippen LogP contribution in [-0.2, 0) is 9.53 Å². The van der Waals surface area contributed by atoms with Crippen molar-refractivity contribution >= 4 is 5.91 Å². The summed E-state index contributed by atoms with van der Waals surface area (Å²) < 4.78 is 5.20. The highest BCUT2D eigenvalue weighted by atomic mass is 16.5. The molecule has 0 aromatic heterocycles. The number of likely N-dealkylation sites (tertiary alicyclic amines) is 1. The van der Waals surface area contributed by atoms with Crippen molar-refractivity contribution in [2.45, 2.75) is 13.8 Å². The Labute approximate surface area is 92.2 Å². The number of hydrogen-bond acceptors (Lipinski definition) is 3. The predicted octanol–water partition coefficient (Wildman–Crippen LogP) is 0.433. The molecule has 2 aliphatic heterocycles. The molecule has 0 atom stereocenters. The lowest BCUT2D eigenvalue weighted by atomic mass is 9.99. The summed E-state index contributed by atoms with van der Waals surface area (Å²) in [6.45, 7) is 8.81. The number of morpholine rings is 1. The van der Waals surface area contributed by atoms with Crippen molar-refractivity contribution in [3.8, 4) is 0 Å². The lowest BCUT2D eigenvalue weighted by Crippen LogP contribution is -2.54. The van der Waals surface area contributed by atoms with E-state index in [1.807, 2.05) is 25.8 Å². The van der Waals surface area contributed by atoms with E-state index in [9.17, 15) is 4.79 Å². The molecule has 0 saturated carbocycles. The van der Waals surface area contributed by atoms with Gasteiger partial charge in [0.1, 0.15) is 0 Å². The van der Waals surface area contributed by atoms with Gasteiger partial charge in [0.15, 0.2) is 0 Å². The van der Waals surface area contributed by atoms with Crippen LogP contribution < -0.4 is 0 Å². The number of amides is 1. The van der Waals surface area contributed by atoms with Gasteiger partial charge in [0.25, 0.3) is 0 Å². The molecule has 0 radical (unpaired) electrons. The Morgan fingerprint density at radius 2 is 1.73 bits per heavy atom. The third kappa shape index (κ3) is 3.18. The minimum atomic E-state index is 0.253. The minimum absolute atomic E-state index is 0.253. The summed E-state index contributed by atoms with van der Waals surface area (Å²) in [6.07, 6.45) is 0. The SMILES string of the molecule is CC.CN1CC(C(=O)N2CCOCC2)C1. The fraction of sp³-hybridized carbons (Fsp3) is 0.909. The number of carbonyl (C=O) groups is 1. The van der Waals surface area contributed by atoms with Crippen molar-refractivity contribution in [1.29, 1.82) is 0 Å². The van der Waals surface area contributed by atoms with E-state index in [0.717, 1.165) is 26.2 Å². The van der Waals surface area contributed by atoms with Crippen molar-refractivity contribution in [2.75, 3.05) is 46.4 Å². The molecule has 2 aliphatic rings. The zero-order chi connectivity index (χ0) is 11.3. The first-order valence-electron chi connectivity index (χ1n) is 5.82. The molecule has 0 aliphatic carbocycles. The van der Waals surface area contributed by atoms with Crippen molar-refractivity contribution in [3.05, 3.63) is 0 Å². The summed E-state index contributed by atoms with van der Waals surface area (Å²) in [4.78, 5) is 15.9. The lowest BCUT2D eigenvalue weighted by molar-refractivity contribution is -0.144. The molecule has 2 fully saturated rings. The van der Waals surface area contributed by atoms with Crippen LogP contribution in [0.4, 0.5) is 0 Å². The van der Waals surface area contributed by atoms with Gasteiger partial charge in [-0.3, -0.25) is 4.79 Å². The van der Waals surface area contributed by atoms with Crippen LogP contribution in [0.3, 0.4) is 0 Å². The van der Waals surface area contributed by atoms with E-state index in [2.05, 4.69) is 4.90 Å². The van der Waals surface area contributed by atoms with Gasteiger partial charge in [0.2, 0.25) is 5.91 Å². The van der Waals surface area contributed by atoms with Crippen LogP contribution in [0.1, 0.15) is 13.8 Å². The van der Waals surface area contributed by atoms with E-state index < -0.39 is 0 Å². The first-order chi connectivity index (χ1) is 7.27. The van der Waals surface area contributed by atoms with Crippen LogP contribution >= 0.6 is 0 Å². The van der Waals surface area contributed by atoms with Gasteiger partial charge in [-0.25, -0.2) is 0 Å². The summed E-state index contributed by atoms with van der Waals surface area (Å²) in [6, 6.07) is 0. The molecule has 0 bridgehead atoms. The van der Waals surface area contributed by atoms with Crippen LogP contribution in [0, 0.1) is 5.92 Å². The molecule has 0 aromatic rings. The van der Waals surface area contributed by atoms with E-state index in [-0.39, 0.29) is 5.92 Å². The van der Waals surface area contributed by atoms with E-state index in [1.54, 1.807) is 0 Å². The van der Waals surface area contributed by atoms with E-state index in [4.69, 9.17) is 4.74 Å².